The van der Waals surface area contributed by atoms with E-state index in [0.29, 0.717) is 23.5 Å². The maximum atomic E-state index is 13.1. The SMILES string of the molecule is CN1C(=O)C(NC(=O)c2ccn(Cc3ccccc3)n2)COc2ccc(C#CC(C)(C)O)cc21. The first-order valence-corrected chi connectivity index (χ1v) is 10.9. The summed E-state index contributed by atoms with van der Waals surface area (Å²) in [6, 6.07) is 15.7. The van der Waals surface area contributed by atoms with Gasteiger partial charge in [0.05, 0.1) is 12.2 Å². The summed E-state index contributed by atoms with van der Waals surface area (Å²) in [7, 11) is 1.62. The number of aliphatic hydroxyl groups is 1. The lowest BCUT2D eigenvalue weighted by Crippen LogP contribution is -2.49. The summed E-state index contributed by atoms with van der Waals surface area (Å²) < 4.78 is 7.50. The molecule has 3 aromatic rings. The normalized spacial score (nSPS) is 15.5. The van der Waals surface area contributed by atoms with Gasteiger partial charge in [-0.2, -0.15) is 5.10 Å². The number of rotatable bonds is 4. The van der Waals surface area contributed by atoms with Crippen molar-refractivity contribution in [3.8, 4) is 17.6 Å². The average Bonchev–Trinajstić information content (AvgIpc) is 3.24. The van der Waals surface area contributed by atoms with E-state index in [1.165, 1.54) is 4.90 Å². The van der Waals surface area contributed by atoms with Gasteiger partial charge in [-0.15, -0.1) is 0 Å². The van der Waals surface area contributed by atoms with Gasteiger partial charge in [0.2, 0.25) is 0 Å². The predicted octanol–water partition coefficient (Wildman–Crippen LogP) is 2.21. The zero-order chi connectivity index (χ0) is 24.3. The number of nitrogens with one attached hydrogen (secondary N) is 1. The van der Waals surface area contributed by atoms with Gasteiger partial charge in [0.25, 0.3) is 11.8 Å². The number of nitrogens with zero attached hydrogens (tertiary/aromatic N) is 3. The highest BCUT2D eigenvalue weighted by atomic mass is 16.5. The van der Waals surface area contributed by atoms with Gasteiger partial charge in [0.15, 0.2) is 0 Å². The monoisotopic (exact) mass is 458 g/mol. The van der Waals surface area contributed by atoms with Crippen LogP contribution in [0.3, 0.4) is 0 Å². The molecule has 0 saturated heterocycles. The number of aromatic nitrogens is 2. The highest BCUT2D eigenvalue weighted by Crippen LogP contribution is 2.31. The molecule has 0 spiro atoms. The van der Waals surface area contributed by atoms with Crippen molar-refractivity contribution in [2.45, 2.75) is 32.0 Å². The fraction of sp³-hybridized carbons (Fsp3) is 0.269. The smallest absolute Gasteiger partial charge is 0.272 e. The molecule has 4 rings (SSSR count). The first-order valence-electron chi connectivity index (χ1n) is 10.9. The van der Waals surface area contributed by atoms with Gasteiger partial charge in [0, 0.05) is 18.8 Å². The van der Waals surface area contributed by atoms with Crippen LogP contribution in [0.2, 0.25) is 0 Å². The maximum Gasteiger partial charge on any atom is 0.272 e. The lowest BCUT2D eigenvalue weighted by atomic mass is 10.1. The average molecular weight is 459 g/mol. The van der Waals surface area contributed by atoms with E-state index in [-0.39, 0.29) is 18.2 Å². The van der Waals surface area contributed by atoms with E-state index in [1.54, 1.807) is 56.0 Å². The van der Waals surface area contributed by atoms with Crippen molar-refractivity contribution in [3.05, 3.63) is 77.6 Å². The van der Waals surface area contributed by atoms with E-state index in [2.05, 4.69) is 22.3 Å². The molecule has 0 radical (unpaired) electrons. The van der Waals surface area contributed by atoms with Crippen LogP contribution in [-0.4, -0.2) is 52.0 Å². The molecule has 1 unspecified atom stereocenters. The minimum absolute atomic E-state index is 0.0126. The number of benzene rings is 2. The van der Waals surface area contributed by atoms with E-state index >= 15 is 0 Å². The highest BCUT2D eigenvalue weighted by molar-refractivity contribution is 6.02. The number of ether oxygens (including phenoxy) is 1. The number of hydrogen-bond donors (Lipinski definition) is 2. The topological polar surface area (TPSA) is 96.7 Å². The van der Waals surface area contributed by atoms with Gasteiger partial charge in [-0.3, -0.25) is 14.3 Å². The number of carbonyl (C=O) groups excluding carboxylic acids is 2. The van der Waals surface area contributed by atoms with E-state index < -0.39 is 17.6 Å². The molecule has 34 heavy (non-hydrogen) atoms. The van der Waals surface area contributed by atoms with Crippen molar-refractivity contribution in [2.24, 2.45) is 0 Å². The molecule has 174 valence electrons. The van der Waals surface area contributed by atoms with Crippen molar-refractivity contribution in [3.63, 3.8) is 0 Å². The molecule has 1 aromatic heterocycles. The zero-order valence-electron chi connectivity index (χ0n) is 19.3. The minimum atomic E-state index is -1.13. The zero-order valence-corrected chi connectivity index (χ0v) is 19.3. The van der Waals surface area contributed by atoms with Crippen LogP contribution in [0.15, 0.2) is 60.8 Å². The van der Waals surface area contributed by atoms with Crippen LogP contribution in [-0.2, 0) is 11.3 Å². The van der Waals surface area contributed by atoms with Gasteiger partial charge in [-0.05, 0) is 43.7 Å². The van der Waals surface area contributed by atoms with Crippen molar-refractivity contribution in [2.75, 3.05) is 18.6 Å². The lowest BCUT2D eigenvalue weighted by Gasteiger charge is -2.20. The van der Waals surface area contributed by atoms with Gasteiger partial charge in [-0.25, -0.2) is 0 Å². The molecular weight excluding hydrogens is 432 g/mol. The van der Waals surface area contributed by atoms with Gasteiger partial charge in [0.1, 0.15) is 29.7 Å². The number of fused-ring (bicyclic) bond motifs is 1. The lowest BCUT2D eigenvalue weighted by molar-refractivity contribution is -0.120. The molecule has 0 bridgehead atoms. The van der Waals surface area contributed by atoms with Gasteiger partial charge in [-0.1, -0.05) is 42.2 Å². The molecular formula is C26H26N4O4. The van der Waals surface area contributed by atoms with Crippen LogP contribution in [0, 0.1) is 11.8 Å². The Morgan fingerprint density at radius 2 is 2.00 bits per heavy atom. The number of likely N-dealkylation sites (N-methyl/N-ethyl adjacent to an activating group) is 1. The highest BCUT2D eigenvalue weighted by Gasteiger charge is 2.31. The van der Waals surface area contributed by atoms with Crippen LogP contribution in [0.1, 0.15) is 35.5 Å². The second-order valence-corrected chi connectivity index (χ2v) is 8.61. The summed E-state index contributed by atoms with van der Waals surface area (Å²) in [5.74, 6) is 5.39. The summed E-state index contributed by atoms with van der Waals surface area (Å²) in [5.41, 5.74) is 1.33. The molecule has 8 heteroatoms. The van der Waals surface area contributed by atoms with Crippen LogP contribution in [0.25, 0.3) is 0 Å². The largest absolute Gasteiger partial charge is 0.489 e. The Hall–Kier alpha value is -4.09. The van der Waals surface area contributed by atoms with Gasteiger partial charge < -0.3 is 20.1 Å². The molecule has 2 aromatic carbocycles. The Balaban J connectivity index is 1.46. The standard InChI is InChI=1S/C26H26N4O4/c1-26(2,33)13-11-18-9-10-23-22(15-18)29(3)25(32)21(17-34-23)27-24(31)20-12-14-30(28-20)16-19-7-5-4-6-8-19/h4-10,12,14-15,21,33H,16-17H2,1-3H3,(H,27,31). The number of anilines is 1. The molecule has 2 amide bonds. The summed E-state index contributed by atoms with van der Waals surface area (Å²) >= 11 is 0. The summed E-state index contributed by atoms with van der Waals surface area (Å²) in [4.78, 5) is 27.3. The van der Waals surface area contributed by atoms with E-state index in [4.69, 9.17) is 4.74 Å². The summed E-state index contributed by atoms with van der Waals surface area (Å²) in [6.07, 6.45) is 1.73. The Kier molecular flexibility index (Phi) is 6.39. The number of amides is 2. The second-order valence-electron chi connectivity index (χ2n) is 8.61. The predicted molar refractivity (Wildman–Crippen MR) is 128 cm³/mol. The third-order valence-corrected chi connectivity index (χ3v) is 5.23. The third-order valence-electron chi connectivity index (χ3n) is 5.23. The first-order chi connectivity index (χ1) is 16.2. The molecule has 0 aliphatic carbocycles. The summed E-state index contributed by atoms with van der Waals surface area (Å²) in [6.45, 7) is 3.72. The van der Waals surface area contributed by atoms with E-state index in [9.17, 15) is 14.7 Å². The van der Waals surface area contributed by atoms with Crippen LogP contribution >= 0.6 is 0 Å². The Labute approximate surface area is 198 Å². The molecule has 2 heterocycles. The van der Waals surface area contributed by atoms with Crippen LogP contribution in [0.5, 0.6) is 5.75 Å². The molecule has 0 fully saturated rings. The van der Waals surface area contributed by atoms with Crippen LogP contribution < -0.4 is 15.0 Å². The van der Waals surface area contributed by atoms with Crippen molar-refractivity contribution in [1.29, 1.82) is 0 Å². The molecule has 0 saturated carbocycles. The first kappa shape index (κ1) is 23.1. The fourth-order valence-corrected chi connectivity index (χ4v) is 3.48. The van der Waals surface area contributed by atoms with Crippen LogP contribution in [0.4, 0.5) is 5.69 Å². The molecule has 1 atom stereocenters. The van der Waals surface area contributed by atoms with Crippen molar-refractivity contribution < 1.29 is 19.4 Å². The van der Waals surface area contributed by atoms with Gasteiger partial charge >= 0.3 is 0 Å². The van der Waals surface area contributed by atoms with E-state index in [0.717, 1.165) is 5.56 Å². The maximum absolute atomic E-state index is 13.1. The quantitative estimate of drug-likeness (QED) is 0.585. The molecule has 8 nitrogen and oxygen atoms in total. The minimum Gasteiger partial charge on any atom is -0.489 e. The number of hydrogen-bond acceptors (Lipinski definition) is 5. The Morgan fingerprint density at radius 3 is 2.74 bits per heavy atom. The van der Waals surface area contributed by atoms with Crippen molar-refractivity contribution >= 4 is 17.5 Å². The summed E-state index contributed by atoms with van der Waals surface area (Å²) in [5, 5.41) is 16.9. The fourth-order valence-electron chi connectivity index (χ4n) is 3.48. The Bertz CT molecular complexity index is 1270. The molecule has 2 N–H and O–H groups in total. The van der Waals surface area contributed by atoms with E-state index in [1.807, 2.05) is 30.3 Å². The number of carbonyl (C=O) groups is 2. The van der Waals surface area contributed by atoms with Crippen molar-refractivity contribution in [1.82, 2.24) is 15.1 Å². The Morgan fingerprint density at radius 1 is 1.24 bits per heavy atom. The molecule has 1 aliphatic rings. The second kappa shape index (κ2) is 9.41. The third kappa shape index (κ3) is 5.45. The molecule has 1 aliphatic heterocycles.